The summed E-state index contributed by atoms with van der Waals surface area (Å²) < 4.78 is 0. The minimum absolute atomic E-state index is 0.0831. The standard InChI is InChI=1S/C18H20N2O3/c1-12(2)11-19-17(21)15-7-3-13(4-8-15)14-5-9-16(10-6-14)18(22)20-23/h3-10,12,23H,11H2,1-2H3,(H,19,21)(H,20,22). The third kappa shape index (κ3) is 4.40. The molecular formula is C18H20N2O3. The number of nitrogens with one attached hydrogen (secondary N) is 2. The second-order valence-corrected chi connectivity index (χ2v) is 5.70. The lowest BCUT2D eigenvalue weighted by Gasteiger charge is -2.08. The van der Waals surface area contributed by atoms with E-state index in [4.69, 9.17) is 5.21 Å². The summed E-state index contributed by atoms with van der Waals surface area (Å²) in [6, 6.07) is 14.1. The van der Waals surface area contributed by atoms with Gasteiger partial charge in [0.05, 0.1) is 0 Å². The Kier molecular flexibility index (Phi) is 5.49. The van der Waals surface area contributed by atoms with E-state index in [9.17, 15) is 9.59 Å². The summed E-state index contributed by atoms with van der Waals surface area (Å²) in [5.41, 5.74) is 4.46. The van der Waals surface area contributed by atoms with Gasteiger partial charge in [-0.25, -0.2) is 5.48 Å². The van der Waals surface area contributed by atoms with E-state index in [0.29, 0.717) is 23.6 Å². The van der Waals surface area contributed by atoms with Crippen LogP contribution in [0.5, 0.6) is 0 Å². The van der Waals surface area contributed by atoms with Gasteiger partial charge in [0.25, 0.3) is 11.8 Å². The number of amides is 2. The normalized spacial score (nSPS) is 10.4. The Balaban J connectivity index is 2.10. The first-order valence-corrected chi connectivity index (χ1v) is 7.44. The van der Waals surface area contributed by atoms with Gasteiger partial charge in [-0.15, -0.1) is 0 Å². The van der Waals surface area contributed by atoms with Gasteiger partial charge in [0, 0.05) is 17.7 Å². The highest BCUT2D eigenvalue weighted by Crippen LogP contribution is 2.20. The molecule has 2 rings (SSSR count). The maximum absolute atomic E-state index is 12.0. The fourth-order valence-electron chi connectivity index (χ4n) is 2.09. The Labute approximate surface area is 135 Å². The summed E-state index contributed by atoms with van der Waals surface area (Å²) >= 11 is 0. The van der Waals surface area contributed by atoms with Gasteiger partial charge in [0.15, 0.2) is 0 Å². The SMILES string of the molecule is CC(C)CNC(=O)c1ccc(-c2ccc(C(=O)NO)cc2)cc1. The summed E-state index contributed by atoms with van der Waals surface area (Å²) in [6.07, 6.45) is 0. The van der Waals surface area contributed by atoms with Crippen molar-refractivity contribution in [2.75, 3.05) is 6.54 Å². The fourth-order valence-corrected chi connectivity index (χ4v) is 2.09. The number of benzene rings is 2. The zero-order valence-corrected chi connectivity index (χ0v) is 13.2. The van der Waals surface area contributed by atoms with Crippen LogP contribution in [0.3, 0.4) is 0 Å². The quantitative estimate of drug-likeness (QED) is 0.587. The molecule has 0 aromatic heterocycles. The zero-order valence-electron chi connectivity index (χ0n) is 13.2. The van der Waals surface area contributed by atoms with Crippen LogP contribution < -0.4 is 10.8 Å². The highest BCUT2D eigenvalue weighted by Gasteiger charge is 2.07. The number of hydrogen-bond acceptors (Lipinski definition) is 3. The van der Waals surface area contributed by atoms with Crippen LogP contribution >= 0.6 is 0 Å². The molecule has 0 aliphatic heterocycles. The molecule has 0 bridgehead atoms. The largest absolute Gasteiger partial charge is 0.352 e. The van der Waals surface area contributed by atoms with Crippen molar-refractivity contribution in [1.29, 1.82) is 0 Å². The Bertz CT molecular complexity index is 676. The van der Waals surface area contributed by atoms with E-state index in [1.807, 2.05) is 26.0 Å². The Hall–Kier alpha value is -2.66. The molecule has 0 atom stereocenters. The van der Waals surface area contributed by atoms with Gasteiger partial charge < -0.3 is 5.32 Å². The van der Waals surface area contributed by atoms with Crippen molar-refractivity contribution in [2.24, 2.45) is 5.92 Å². The van der Waals surface area contributed by atoms with Crippen molar-refractivity contribution in [1.82, 2.24) is 10.8 Å². The summed E-state index contributed by atoms with van der Waals surface area (Å²) in [5.74, 6) is -0.221. The number of rotatable bonds is 5. The van der Waals surface area contributed by atoms with E-state index < -0.39 is 5.91 Å². The van der Waals surface area contributed by atoms with Gasteiger partial charge in [-0.3, -0.25) is 14.8 Å². The van der Waals surface area contributed by atoms with Gasteiger partial charge in [0.2, 0.25) is 0 Å². The van der Waals surface area contributed by atoms with E-state index in [1.54, 1.807) is 41.9 Å². The first-order valence-electron chi connectivity index (χ1n) is 7.44. The Morgan fingerprint density at radius 3 is 1.70 bits per heavy atom. The van der Waals surface area contributed by atoms with Crippen LogP contribution in [0.2, 0.25) is 0 Å². The van der Waals surface area contributed by atoms with E-state index in [1.165, 1.54) is 0 Å². The van der Waals surface area contributed by atoms with Crippen molar-refractivity contribution >= 4 is 11.8 Å². The molecule has 0 aliphatic rings. The predicted octanol–water partition coefficient (Wildman–Crippen LogP) is 2.86. The Morgan fingerprint density at radius 2 is 1.30 bits per heavy atom. The highest BCUT2D eigenvalue weighted by molar-refractivity contribution is 5.95. The Morgan fingerprint density at radius 1 is 0.870 bits per heavy atom. The summed E-state index contributed by atoms with van der Waals surface area (Å²) in [7, 11) is 0. The third-order valence-corrected chi connectivity index (χ3v) is 3.40. The molecule has 0 spiro atoms. The van der Waals surface area contributed by atoms with Crippen LogP contribution in [0.15, 0.2) is 48.5 Å². The maximum Gasteiger partial charge on any atom is 0.274 e. The van der Waals surface area contributed by atoms with Crippen LogP contribution in [0.25, 0.3) is 11.1 Å². The monoisotopic (exact) mass is 312 g/mol. The number of carbonyl (C=O) groups excluding carboxylic acids is 2. The molecule has 23 heavy (non-hydrogen) atoms. The van der Waals surface area contributed by atoms with Crippen molar-refractivity contribution in [2.45, 2.75) is 13.8 Å². The molecule has 5 heteroatoms. The van der Waals surface area contributed by atoms with Crippen molar-refractivity contribution < 1.29 is 14.8 Å². The van der Waals surface area contributed by atoms with Crippen molar-refractivity contribution in [3.63, 3.8) is 0 Å². The van der Waals surface area contributed by atoms with Gasteiger partial charge in [-0.05, 0) is 41.3 Å². The molecule has 3 N–H and O–H groups in total. The molecule has 120 valence electrons. The molecule has 0 unspecified atom stereocenters. The second kappa shape index (κ2) is 7.56. The van der Waals surface area contributed by atoms with E-state index in [2.05, 4.69) is 5.32 Å². The summed E-state index contributed by atoms with van der Waals surface area (Å²) in [4.78, 5) is 23.3. The minimum Gasteiger partial charge on any atom is -0.352 e. The molecule has 0 heterocycles. The minimum atomic E-state index is -0.547. The molecule has 0 radical (unpaired) electrons. The van der Waals surface area contributed by atoms with Crippen molar-refractivity contribution in [3.05, 3.63) is 59.7 Å². The van der Waals surface area contributed by atoms with Gasteiger partial charge >= 0.3 is 0 Å². The van der Waals surface area contributed by atoms with Crippen molar-refractivity contribution in [3.8, 4) is 11.1 Å². The first kappa shape index (κ1) is 16.7. The van der Waals surface area contributed by atoms with Gasteiger partial charge in [-0.1, -0.05) is 38.1 Å². The fraction of sp³-hybridized carbons (Fsp3) is 0.222. The van der Waals surface area contributed by atoms with Crippen LogP contribution in [-0.4, -0.2) is 23.6 Å². The third-order valence-electron chi connectivity index (χ3n) is 3.40. The average Bonchev–Trinajstić information content (AvgIpc) is 2.59. The number of carbonyl (C=O) groups is 2. The molecule has 2 aromatic rings. The lowest BCUT2D eigenvalue weighted by atomic mass is 10.0. The van der Waals surface area contributed by atoms with Crippen LogP contribution in [-0.2, 0) is 0 Å². The van der Waals surface area contributed by atoms with E-state index in [0.717, 1.165) is 11.1 Å². The molecule has 0 fully saturated rings. The smallest absolute Gasteiger partial charge is 0.274 e. The van der Waals surface area contributed by atoms with Crippen LogP contribution in [0.4, 0.5) is 0 Å². The number of hydrogen-bond donors (Lipinski definition) is 3. The first-order chi connectivity index (χ1) is 11.0. The predicted molar refractivity (Wildman–Crippen MR) is 88.3 cm³/mol. The highest BCUT2D eigenvalue weighted by atomic mass is 16.5. The van der Waals surface area contributed by atoms with Crippen LogP contribution in [0.1, 0.15) is 34.6 Å². The lowest BCUT2D eigenvalue weighted by molar-refractivity contribution is 0.0706. The van der Waals surface area contributed by atoms with Crippen LogP contribution in [0, 0.1) is 5.92 Å². The molecule has 0 aliphatic carbocycles. The number of hydroxylamine groups is 1. The van der Waals surface area contributed by atoms with Gasteiger partial charge in [0.1, 0.15) is 0 Å². The molecule has 2 amide bonds. The lowest BCUT2D eigenvalue weighted by Crippen LogP contribution is -2.27. The molecule has 2 aromatic carbocycles. The topological polar surface area (TPSA) is 78.4 Å². The van der Waals surface area contributed by atoms with E-state index in [-0.39, 0.29) is 5.91 Å². The summed E-state index contributed by atoms with van der Waals surface area (Å²) in [6.45, 7) is 4.74. The molecule has 0 saturated carbocycles. The van der Waals surface area contributed by atoms with E-state index >= 15 is 0 Å². The second-order valence-electron chi connectivity index (χ2n) is 5.70. The molecule has 0 saturated heterocycles. The maximum atomic E-state index is 12.0. The molecule has 5 nitrogen and oxygen atoms in total. The summed E-state index contributed by atoms with van der Waals surface area (Å²) in [5, 5.41) is 11.5. The zero-order chi connectivity index (χ0) is 16.8. The molecular weight excluding hydrogens is 292 g/mol. The average molecular weight is 312 g/mol. The van der Waals surface area contributed by atoms with Gasteiger partial charge in [-0.2, -0.15) is 0 Å².